The average Bonchev–Trinajstić information content (AvgIpc) is 2.90. The van der Waals surface area contributed by atoms with E-state index >= 15 is 0 Å². The number of likely N-dealkylation sites (tertiary alicyclic amines) is 1. The molecule has 4 heteroatoms. The number of para-hydroxylation sites is 1. The van der Waals surface area contributed by atoms with Gasteiger partial charge in [0.1, 0.15) is 11.5 Å². The van der Waals surface area contributed by atoms with Crippen LogP contribution in [0.15, 0.2) is 48.5 Å². The highest BCUT2D eigenvalue weighted by atomic mass is 16.5. The minimum absolute atomic E-state index is 0.0261. The van der Waals surface area contributed by atoms with Crippen molar-refractivity contribution in [3.63, 3.8) is 0 Å². The van der Waals surface area contributed by atoms with Crippen molar-refractivity contribution in [2.24, 2.45) is 5.92 Å². The summed E-state index contributed by atoms with van der Waals surface area (Å²) in [5.74, 6) is 1.88. The highest BCUT2D eigenvalue weighted by Crippen LogP contribution is 2.40. The topological polar surface area (TPSA) is 38.8 Å². The number of rotatable bonds is 5. The molecule has 1 fully saturated rings. The third kappa shape index (κ3) is 3.09. The largest absolute Gasteiger partial charge is 0.497 e. The highest BCUT2D eigenvalue weighted by Gasteiger charge is 2.38. The standard InChI is InChI=1S/C20H23NO3/c1-14-12-18(17-6-4-5-7-19(17)24-3)21(20(14)22)13-15-8-10-16(23-2)11-9-15/h4-11,14,18H,12-13H2,1-3H3. The van der Waals surface area contributed by atoms with E-state index in [-0.39, 0.29) is 17.9 Å². The molecular weight excluding hydrogens is 302 g/mol. The molecule has 1 aliphatic rings. The second kappa shape index (κ2) is 6.95. The van der Waals surface area contributed by atoms with Crippen LogP contribution in [0.4, 0.5) is 0 Å². The summed E-state index contributed by atoms with van der Waals surface area (Å²) in [5.41, 5.74) is 2.17. The minimum Gasteiger partial charge on any atom is -0.497 e. The number of carbonyl (C=O) groups excluding carboxylic acids is 1. The van der Waals surface area contributed by atoms with Crippen LogP contribution in [0.25, 0.3) is 0 Å². The first-order valence-corrected chi connectivity index (χ1v) is 8.20. The van der Waals surface area contributed by atoms with E-state index in [1.807, 2.05) is 54.3 Å². The zero-order chi connectivity index (χ0) is 17.1. The first kappa shape index (κ1) is 16.4. The van der Waals surface area contributed by atoms with Gasteiger partial charge in [0.15, 0.2) is 0 Å². The van der Waals surface area contributed by atoms with Crippen molar-refractivity contribution in [3.8, 4) is 11.5 Å². The quantitative estimate of drug-likeness (QED) is 0.839. The van der Waals surface area contributed by atoms with E-state index in [1.54, 1.807) is 14.2 Å². The molecule has 1 saturated heterocycles. The monoisotopic (exact) mass is 325 g/mol. The molecule has 0 aliphatic carbocycles. The second-order valence-corrected chi connectivity index (χ2v) is 6.21. The Labute approximate surface area is 143 Å². The molecule has 1 amide bonds. The highest BCUT2D eigenvalue weighted by molar-refractivity contribution is 5.81. The number of nitrogens with zero attached hydrogens (tertiary/aromatic N) is 1. The lowest BCUT2D eigenvalue weighted by molar-refractivity contribution is -0.132. The van der Waals surface area contributed by atoms with Crippen molar-refractivity contribution < 1.29 is 14.3 Å². The number of hydrogen-bond acceptors (Lipinski definition) is 3. The van der Waals surface area contributed by atoms with Gasteiger partial charge in [-0.25, -0.2) is 0 Å². The maximum absolute atomic E-state index is 12.7. The van der Waals surface area contributed by atoms with Gasteiger partial charge in [-0.05, 0) is 30.2 Å². The SMILES string of the molecule is COc1ccc(CN2C(=O)C(C)CC2c2ccccc2OC)cc1. The summed E-state index contributed by atoms with van der Waals surface area (Å²) in [4.78, 5) is 14.6. The Kier molecular flexibility index (Phi) is 4.74. The van der Waals surface area contributed by atoms with Gasteiger partial charge in [-0.3, -0.25) is 4.79 Å². The van der Waals surface area contributed by atoms with E-state index in [0.717, 1.165) is 29.0 Å². The second-order valence-electron chi connectivity index (χ2n) is 6.21. The lowest BCUT2D eigenvalue weighted by Crippen LogP contribution is -2.28. The third-order valence-electron chi connectivity index (χ3n) is 4.67. The molecule has 2 aromatic carbocycles. The van der Waals surface area contributed by atoms with Gasteiger partial charge in [-0.1, -0.05) is 37.3 Å². The summed E-state index contributed by atoms with van der Waals surface area (Å²) in [6.07, 6.45) is 0.815. The van der Waals surface area contributed by atoms with Crippen LogP contribution in [-0.2, 0) is 11.3 Å². The molecule has 0 aromatic heterocycles. The Morgan fingerprint density at radius 2 is 1.75 bits per heavy atom. The molecule has 24 heavy (non-hydrogen) atoms. The van der Waals surface area contributed by atoms with Gasteiger partial charge in [0.05, 0.1) is 20.3 Å². The zero-order valence-electron chi connectivity index (χ0n) is 14.4. The molecule has 1 aliphatic heterocycles. The minimum atomic E-state index is 0.0261. The Bertz CT molecular complexity index is 711. The summed E-state index contributed by atoms with van der Waals surface area (Å²) in [6, 6.07) is 15.9. The van der Waals surface area contributed by atoms with Crippen molar-refractivity contribution in [1.29, 1.82) is 0 Å². The Balaban J connectivity index is 1.89. The summed E-state index contributed by atoms with van der Waals surface area (Å²) in [7, 11) is 3.32. The van der Waals surface area contributed by atoms with E-state index < -0.39 is 0 Å². The van der Waals surface area contributed by atoms with E-state index in [0.29, 0.717) is 6.54 Å². The zero-order valence-corrected chi connectivity index (χ0v) is 14.4. The van der Waals surface area contributed by atoms with Gasteiger partial charge in [0.2, 0.25) is 5.91 Å². The first-order valence-electron chi connectivity index (χ1n) is 8.20. The van der Waals surface area contributed by atoms with Crippen LogP contribution >= 0.6 is 0 Å². The molecule has 2 atom stereocenters. The molecule has 0 radical (unpaired) electrons. The third-order valence-corrected chi connectivity index (χ3v) is 4.67. The summed E-state index contributed by atoms with van der Waals surface area (Å²) in [5, 5.41) is 0. The van der Waals surface area contributed by atoms with Crippen molar-refractivity contribution in [2.75, 3.05) is 14.2 Å². The molecule has 3 rings (SSSR count). The molecule has 0 bridgehead atoms. The predicted octanol–water partition coefficient (Wildman–Crippen LogP) is 3.81. The van der Waals surface area contributed by atoms with Gasteiger partial charge < -0.3 is 14.4 Å². The fourth-order valence-electron chi connectivity index (χ4n) is 3.35. The number of carbonyl (C=O) groups is 1. The predicted molar refractivity (Wildman–Crippen MR) is 93.1 cm³/mol. The number of methoxy groups -OCH3 is 2. The fraction of sp³-hybridized carbons (Fsp3) is 0.350. The number of ether oxygens (including phenoxy) is 2. The van der Waals surface area contributed by atoms with Crippen LogP contribution in [0, 0.1) is 5.92 Å². The Morgan fingerprint density at radius 1 is 1.04 bits per heavy atom. The number of amides is 1. The maximum Gasteiger partial charge on any atom is 0.226 e. The van der Waals surface area contributed by atoms with Crippen LogP contribution < -0.4 is 9.47 Å². The molecule has 0 saturated carbocycles. The van der Waals surface area contributed by atoms with E-state index in [1.165, 1.54) is 0 Å². The van der Waals surface area contributed by atoms with Crippen LogP contribution in [0.2, 0.25) is 0 Å². The van der Waals surface area contributed by atoms with Gasteiger partial charge in [0, 0.05) is 18.0 Å². The summed E-state index contributed by atoms with van der Waals surface area (Å²) >= 11 is 0. The van der Waals surface area contributed by atoms with Gasteiger partial charge in [-0.15, -0.1) is 0 Å². The van der Waals surface area contributed by atoms with Crippen LogP contribution in [-0.4, -0.2) is 25.0 Å². The van der Waals surface area contributed by atoms with Crippen LogP contribution in [0.3, 0.4) is 0 Å². The van der Waals surface area contributed by atoms with E-state index in [9.17, 15) is 4.79 Å². The molecule has 0 N–H and O–H groups in total. The molecule has 2 aromatic rings. The van der Waals surface area contributed by atoms with Crippen molar-refractivity contribution >= 4 is 5.91 Å². The maximum atomic E-state index is 12.7. The number of benzene rings is 2. The normalized spacial score (nSPS) is 20.3. The summed E-state index contributed by atoms with van der Waals surface area (Å²) in [6.45, 7) is 2.59. The van der Waals surface area contributed by atoms with Crippen molar-refractivity contribution in [1.82, 2.24) is 4.90 Å². The number of hydrogen-bond donors (Lipinski definition) is 0. The van der Waals surface area contributed by atoms with Gasteiger partial charge >= 0.3 is 0 Å². The fourth-order valence-corrected chi connectivity index (χ4v) is 3.35. The summed E-state index contributed by atoms with van der Waals surface area (Å²) < 4.78 is 10.7. The van der Waals surface area contributed by atoms with Crippen LogP contribution in [0.5, 0.6) is 11.5 Å². The smallest absolute Gasteiger partial charge is 0.226 e. The first-order chi connectivity index (χ1) is 11.6. The molecule has 2 unspecified atom stereocenters. The lowest BCUT2D eigenvalue weighted by atomic mass is 9.99. The molecule has 1 heterocycles. The van der Waals surface area contributed by atoms with Gasteiger partial charge in [-0.2, -0.15) is 0 Å². The molecular formula is C20H23NO3. The lowest BCUT2D eigenvalue weighted by Gasteiger charge is -2.26. The van der Waals surface area contributed by atoms with Crippen molar-refractivity contribution in [2.45, 2.75) is 25.9 Å². The Hall–Kier alpha value is -2.49. The molecule has 126 valence electrons. The van der Waals surface area contributed by atoms with E-state index in [2.05, 4.69) is 6.07 Å². The van der Waals surface area contributed by atoms with Crippen molar-refractivity contribution in [3.05, 3.63) is 59.7 Å². The van der Waals surface area contributed by atoms with E-state index in [4.69, 9.17) is 9.47 Å². The Morgan fingerprint density at radius 3 is 2.42 bits per heavy atom. The van der Waals surface area contributed by atoms with Gasteiger partial charge in [0.25, 0.3) is 0 Å². The molecule has 0 spiro atoms. The average molecular weight is 325 g/mol. The molecule has 4 nitrogen and oxygen atoms in total. The van der Waals surface area contributed by atoms with Crippen LogP contribution in [0.1, 0.15) is 30.5 Å².